The average molecular weight is 273 g/mol. The Hall–Kier alpha value is -1.07. The third kappa shape index (κ3) is 2.05. The molecule has 4 nitrogen and oxygen atoms in total. The highest BCUT2D eigenvalue weighted by Gasteiger charge is 2.22. The molecule has 2 aromatic heterocycles. The number of imidazole rings is 1. The van der Waals surface area contributed by atoms with Crippen LogP contribution in [-0.2, 0) is 9.05 Å². The topological polar surface area (TPSA) is 51.4 Å². The van der Waals surface area contributed by atoms with Gasteiger partial charge in [0.2, 0.25) is 0 Å². The van der Waals surface area contributed by atoms with E-state index in [0.717, 1.165) is 5.69 Å². The van der Waals surface area contributed by atoms with Crippen LogP contribution < -0.4 is 0 Å². The Morgan fingerprint density at radius 1 is 1.35 bits per heavy atom. The van der Waals surface area contributed by atoms with Crippen LogP contribution in [-0.4, -0.2) is 17.8 Å². The molecule has 0 amide bonds. The van der Waals surface area contributed by atoms with E-state index in [4.69, 9.17) is 10.7 Å². The lowest BCUT2D eigenvalue weighted by atomic mass is 10.2. The summed E-state index contributed by atoms with van der Waals surface area (Å²) >= 11 is 0. The van der Waals surface area contributed by atoms with Crippen molar-refractivity contribution in [3.63, 3.8) is 0 Å². The molecule has 0 atom stereocenters. The Balaban J connectivity index is 2.95. The van der Waals surface area contributed by atoms with Gasteiger partial charge in [0.1, 0.15) is 5.82 Å². The normalized spacial score (nSPS) is 12.5. The Morgan fingerprint density at radius 2 is 2.00 bits per heavy atom. The predicted molar refractivity (Wildman–Crippen MR) is 67.1 cm³/mol. The molecular weight excluding hydrogens is 260 g/mol. The summed E-state index contributed by atoms with van der Waals surface area (Å²) in [6.07, 6.45) is 0. The highest BCUT2D eigenvalue weighted by Crippen LogP contribution is 2.26. The second kappa shape index (κ2) is 3.99. The van der Waals surface area contributed by atoms with E-state index in [-0.39, 0.29) is 10.9 Å². The number of hydrogen-bond donors (Lipinski definition) is 0. The van der Waals surface area contributed by atoms with Gasteiger partial charge in [-0.15, -0.1) is 0 Å². The van der Waals surface area contributed by atoms with Crippen LogP contribution in [0.25, 0.3) is 5.52 Å². The van der Waals surface area contributed by atoms with Crippen molar-refractivity contribution in [3.05, 3.63) is 29.7 Å². The summed E-state index contributed by atoms with van der Waals surface area (Å²) in [5.41, 5.74) is 1.47. The predicted octanol–water partition coefficient (Wildman–Crippen LogP) is 2.69. The summed E-state index contributed by atoms with van der Waals surface area (Å²) in [6.45, 7) is 5.84. The zero-order valence-electron chi connectivity index (χ0n) is 9.81. The van der Waals surface area contributed by atoms with E-state index in [1.807, 2.05) is 31.2 Å². The van der Waals surface area contributed by atoms with Crippen LogP contribution in [0.3, 0.4) is 0 Å². The maximum atomic E-state index is 11.5. The summed E-state index contributed by atoms with van der Waals surface area (Å²) < 4.78 is 24.8. The number of nitrogens with zero attached hydrogens (tertiary/aromatic N) is 2. The number of aromatic nitrogens is 2. The molecule has 0 bridgehead atoms. The minimum absolute atomic E-state index is 0.0634. The van der Waals surface area contributed by atoms with E-state index in [1.54, 1.807) is 12.1 Å². The largest absolute Gasteiger partial charge is 0.299 e. The van der Waals surface area contributed by atoms with Gasteiger partial charge in [-0.3, -0.25) is 4.40 Å². The molecule has 2 heterocycles. The lowest BCUT2D eigenvalue weighted by Gasteiger charge is -2.06. The molecule has 0 saturated heterocycles. The van der Waals surface area contributed by atoms with E-state index >= 15 is 0 Å². The molecule has 2 rings (SSSR count). The first kappa shape index (κ1) is 12.4. The zero-order valence-corrected chi connectivity index (χ0v) is 11.4. The van der Waals surface area contributed by atoms with E-state index < -0.39 is 9.05 Å². The van der Waals surface area contributed by atoms with Crippen LogP contribution in [0.4, 0.5) is 0 Å². The van der Waals surface area contributed by atoms with E-state index in [0.29, 0.717) is 11.3 Å². The fourth-order valence-electron chi connectivity index (χ4n) is 1.87. The Morgan fingerprint density at radius 3 is 2.53 bits per heavy atom. The lowest BCUT2D eigenvalue weighted by Crippen LogP contribution is -1.99. The van der Waals surface area contributed by atoms with Crippen LogP contribution in [0.15, 0.2) is 23.2 Å². The average Bonchev–Trinajstić information content (AvgIpc) is 2.57. The lowest BCUT2D eigenvalue weighted by molar-refractivity contribution is 0.607. The molecule has 0 spiro atoms. The first-order chi connectivity index (χ1) is 7.82. The molecule has 2 aromatic rings. The molecule has 0 radical (unpaired) electrons. The molecule has 6 heteroatoms. The van der Waals surface area contributed by atoms with Crippen molar-refractivity contribution in [2.75, 3.05) is 0 Å². The number of aryl methyl sites for hydroxylation is 1. The van der Waals surface area contributed by atoms with Crippen LogP contribution in [0.1, 0.15) is 31.3 Å². The smallest absolute Gasteiger partial charge is 0.280 e. The van der Waals surface area contributed by atoms with Gasteiger partial charge in [0, 0.05) is 22.3 Å². The van der Waals surface area contributed by atoms with E-state index in [1.165, 1.54) is 0 Å². The highest BCUT2D eigenvalue weighted by atomic mass is 35.7. The minimum atomic E-state index is -3.82. The quantitative estimate of drug-likeness (QED) is 0.790. The number of rotatable bonds is 2. The molecular formula is C11H13ClN2O2S. The second-order valence-electron chi connectivity index (χ2n) is 4.26. The molecule has 0 aliphatic heterocycles. The third-order valence-corrected chi connectivity index (χ3v) is 3.80. The van der Waals surface area contributed by atoms with Crippen LogP contribution in [0, 0.1) is 6.92 Å². The van der Waals surface area contributed by atoms with Gasteiger partial charge >= 0.3 is 0 Å². The van der Waals surface area contributed by atoms with Crippen molar-refractivity contribution < 1.29 is 8.42 Å². The summed E-state index contributed by atoms with van der Waals surface area (Å²) in [5, 5.41) is -0.0634. The molecule has 0 fully saturated rings. The number of pyridine rings is 1. The van der Waals surface area contributed by atoms with Crippen LogP contribution in [0.5, 0.6) is 0 Å². The van der Waals surface area contributed by atoms with Gasteiger partial charge in [0.05, 0.1) is 5.52 Å². The first-order valence-electron chi connectivity index (χ1n) is 5.25. The third-order valence-electron chi connectivity index (χ3n) is 2.60. The van der Waals surface area contributed by atoms with Crippen LogP contribution >= 0.6 is 10.7 Å². The Labute approximate surface area is 105 Å². The summed E-state index contributed by atoms with van der Waals surface area (Å²) in [5.74, 6) is 0.827. The van der Waals surface area contributed by atoms with Gasteiger partial charge in [-0.2, -0.15) is 0 Å². The molecule has 0 unspecified atom stereocenters. The van der Waals surface area contributed by atoms with Crippen LogP contribution in [0.2, 0.25) is 0 Å². The highest BCUT2D eigenvalue weighted by molar-refractivity contribution is 8.13. The standard InChI is InChI=1S/C11H13ClN2O2S/c1-7(2)10-13-11(17(12,15)16)9-6-4-5-8(3)14(9)10/h4-7H,1-3H3. The molecule has 0 aliphatic rings. The molecule has 0 aliphatic carbocycles. The molecule has 0 aromatic carbocycles. The van der Waals surface area contributed by atoms with Crippen molar-refractivity contribution >= 4 is 25.2 Å². The van der Waals surface area contributed by atoms with Gasteiger partial charge in [0.25, 0.3) is 9.05 Å². The zero-order chi connectivity index (χ0) is 12.8. The maximum absolute atomic E-state index is 11.5. The van der Waals surface area contributed by atoms with E-state index in [9.17, 15) is 8.42 Å². The summed E-state index contributed by atoms with van der Waals surface area (Å²) in [6, 6.07) is 5.41. The van der Waals surface area contributed by atoms with E-state index in [2.05, 4.69) is 4.98 Å². The van der Waals surface area contributed by atoms with Crippen molar-refractivity contribution in [1.29, 1.82) is 0 Å². The summed E-state index contributed by atoms with van der Waals surface area (Å²) in [7, 11) is 1.59. The van der Waals surface area contributed by atoms with Gasteiger partial charge in [-0.25, -0.2) is 13.4 Å². The van der Waals surface area contributed by atoms with Gasteiger partial charge in [0.15, 0.2) is 5.03 Å². The second-order valence-corrected chi connectivity index (χ2v) is 6.74. The Kier molecular flexibility index (Phi) is 2.91. The SMILES string of the molecule is Cc1cccc2c(S(=O)(=O)Cl)nc(C(C)C)n12. The summed E-state index contributed by atoms with van der Waals surface area (Å²) in [4.78, 5) is 4.16. The van der Waals surface area contributed by atoms with Gasteiger partial charge in [-0.1, -0.05) is 19.9 Å². The minimum Gasteiger partial charge on any atom is -0.299 e. The molecule has 17 heavy (non-hydrogen) atoms. The number of hydrogen-bond acceptors (Lipinski definition) is 3. The fraction of sp³-hybridized carbons (Fsp3) is 0.364. The molecule has 0 N–H and O–H groups in total. The van der Waals surface area contributed by atoms with Crippen molar-refractivity contribution in [2.24, 2.45) is 0 Å². The van der Waals surface area contributed by atoms with Crippen molar-refractivity contribution in [1.82, 2.24) is 9.38 Å². The maximum Gasteiger partial charge on any atom is 0.280 e. The van der Waals surface area contributed by atoms with Crippen molar-refractivity contribution in [3.8, 4) is 0 Å². The molecule has 0 saturated carbocycles. The number of halogens is 1. The monoisotopic (exact) mass is 272 g/mol. The van der Waals surface area contributed by atoms with Gasteiger partial charge in [-0.05, 0) is 19.1 Å². The number of fused-ring (bicyclic) bond motifs is 1. The first-order valence-corrected chi connectivity index (χ1v) is 7.56. The van der Waals surface area contributed by atoms with Gasteiger partial charge < -0.3 is 0 Å². The Bertz CT molecular complexity index is 674. The van der Waals surface area contributed by atoms with Crippen molar-refractivity contribution in [2.45, 2.75) is 31.7 Å². The fourth-order valence-corrected chi connectivity index (χ4v) is 2.82. The molecule has 92 valence electrons.